The van der Waals surface area contributed by atoms with E-state index in [0.29, 0.717) is 35.9 Å². The molecule has 0 saturated carbocycles. The lowest BCUT2D eigenvalue weighted by atomic mass is 10.1. The Labute approximate surface area is 220 Å². The molecule has 1 fully saturated rings. The molecule has 0 unspecified atom stereocenters. The van der Waals surface area contributed by atoms with E-state index in [4.69, 9.17) is 9.47 Å². The molecule has 3 aromatic carbocycles. The van der Waals surface area contributed by atoms with Crippen molar-refractivity contribution in [2.75, 3.05) is 18.6 Å². The van der Waals surface area contributed by atoms with Gasteiger partial charge in [-0.3, -0.25) is 14.9 Å². The first kappa shape index (κ1) is 24.8. The van der Waals surface area contributed by atoms with Crippen molar-refractivity contribution in [3.8, 4) is 11.5 Å². The van der Waals surface area contributed by atoms with Gasteiger partial charge in [-0.1, -0.05) is 43.3 Å². The molecular weight excluding hydrogens is 482 g/mol. The van der Waals surface area contributed by atoms with Crippen molar-refractivity contribution >= 4 is 40.5 Å². The van der Waals surface area contributed by atoms with Gasteiger partial charge in [-0.2, -0.15) is 0 Å². The summed E-state index contributed by atoms with van der Waals surface area (Å²) in [7, 11) is 1.61. The third-order valence-electron chi connectivity index (χ3n) is 6.47. The van der Waals surface area contributed by atoms with Crippen LogP contribution < -0.4 is 19.7 Å². The van der Waals surface area contributed by atoms with Crippen LogP contribution in [0.3, 0.4) is 0 Å². The highest BCUT2D eigenvalue weighted by molar-refractivity contribution is 6.39. The number of carbonyl (C=O) groups excluding carboxylic acids is 3. The fraction of sp³-hybridized carbons (Fsp3) is 0.167. The number of para-hydroxylation sites is 1. The van der Waals surface area contributed by atoms with Gasteiger partial charge in [-0.05, 0) is 48.4 Å². The molecule has 0 atom stereocenters. The minimum atomic E-state index is -0.765. The van der Waals surface area contributed by atoms with Gasteiger partial charge in [0.05, 0.1) is 19.3 Å². The number of aromatic nitrogens is 1. The Morgan fingerprint density at radius 2 is 1.68 bits per heavy atom. The lowest BCUT2D eigenvalue weighted by Gasteiger charge is -2.26. The number of fused-ring (bicyclic) bond motifs is 1. The second-order valence-corrected chi connectivity index (χ2v) is 8.80. The number of ether oxygens (including phenoxy) is 2. The number of rotatable bonds is 8. The number of nitrogens with zero attached hydrogens (tertiary/aromatic N) is 2. The molecule has 1 aliphatic rings. The van der Waals surface area contributed by atoms with Gasteiger partial charge >= 0.3 is 6.03 Å². The first-order valence-corrected chi connectivity index (χ1v) is 12.3. The van der Waals surface area contributed by atoms with Crippen LogP contribution in [0.25, 0.3) is 17.0 Å². The predicted octanol–water partition coefficient (Wildman–Crippen LogP) is 4.96. The number of urea groups is 1. The monoisotopic (exact) mass is 509 g/mol. The van der Waals surface area contributed by atoms with Crippen molar-refractivity contribution in [2.24, 2.45) is 0 Å². The Balaban J connectivity index is 1.42. The average molecular weight is 510 g/mol. The largest absolute Gasteiger partial charge is 0.497 e. The molecule has 2 heterocycles. The summed E-state index contributed by atoms with van der Waals surface area (Å²) >= 11 is 0. The van der Waals surface area contributed by atoms with E-state index >= 15 is 0 Å². The molecule has 8 heteroatoms. The molecule has 0 bridgehead atoms. The molecule has 1 saturated heterocycles. The summed E-state index contributed by atoms with van der Waals surface area (Å²) in [6, 6.07) is 21.5. The van der Waals surface area contributed by atoms with Crippen LogP contribution in [0.2, 0.25) is 0 Å². The van der Waals surface area contributed by atoms with Crippen LogP contribution in [0.15, 0.2) is 84.6 Å². The zero-order valence-electron chi connectivity index (χ0n) is 21.1. The van der Waals surface area contributed by atoms with Crippen molar-refractivity contribution in [3.63, 3.8) is 0 Å². The van der Waals surface area contributed by atoms with Gasteiger partial charge in [0.25, 0.3) is 11.8 Å². The van der Waals surface area contributed by atoms with E-state index in [1.165, 1.54) is 0 Å². The molecular formula is C30H27N3O5. The Kier molecular flexibility index (Phi) is 6.95. The number of imide groups is 2. The first-order valence-electron chi connectivity index (χ1n) is 12.3. The van der Waals surface area contributed by atoms with Crippen molar-refractivity contribution in [2.45, 2.75) is 19.9 Å². The summed E-state index contributed by atoms with van der Waals surface area (Å²) in [6.07, 6.45) is 4.25. The zero-order chi connectivity index (χ0) is 26.6. The third-order valence-corrected chi connectivity index (χ3v) is 6.47. The van der Waals surface area contributed by atoms with Crippen LogP contribution >= 0.6 is 0 Å². The van der Waals surface area contributed by atoms with Crippen LogP contribution in [-0.2, 0) is 22.6 Å². The van der Waals surface area contributed by atoms with E-state index in [1.807, 2.05) is 78.4 Å². The standard InChI is InChI=1S/C30H27N3O5/c1-3-20-11-13-22(14-12-20)33-29(35)26(28(34)31-30(33)36)17-21-19-32(27-10-5-4-9-25(21)27)15-16-38-24-8-6-7-23(18-24)37-2/h4-14,17-19H,3,15-16H2,1-2H3,(H,31,34,36). The van der Waals surface area contributed by atoms with Crippen molar-refractivity contribution in [3.05, 3.63) is 95.7 Å². The van der Waals surface area contributed by atoms with Crippen LogP contribution in [0.4, 0.5) is 10.5 Å². The molecule has 1 aromatic heterocycles. The Hall–Kier alpha value is -4.85. The highest BCUT2D eigenvalue weighted by atomic mass is 16.5. The van der Waals surface area contributed by atoms with E-state index in [0.717, 1.165) is 27.8 Å². The number of nitrogens with one attached hydrogen (secondary N) is 1. The van der Waals surface area contributed by atoms with E-state index in [1.54, 1.807) is 25.3 Å². The second kappa shape index (κ2) is 10.6. The van der Waals surface area contributed by atoms with Gasteiger partial charge in [0.2, 0.25) is 0 Å². The predicted molar refractivity (Wildman–Crippen MR) is 145 cm³/mol. The Morgan fingerprint density at radius 3 is 2.45 bits per heavy atom. The van der Waals surface area contributed by atoms with Crippen molar-refractivity contribution in [1.82, 2.24) is 9.88 Å². The molecule has 4 aromatic rings. The van der Waals surface area contributed by atoms with Gasteiger partial charge in [0.15, 0.2) is 0 Å². The van der Waals surface area contributed by atoms with Gasteiger partial charge in [0, 0.05) is 28.7 Å². The topological polar surface area (TPSA) is 89.9 Å². The van der Waals surface area contributed by atoms with Crippen LogP contribution in [0.1, 0.15) is 18.1 Å². The average Bonchev–Trinajstić information content (AvgIpc) is 3.28. The molecule has 192 valence electrons. The maximum Gasteiger partial charge on any atom is 0.335 e. The maximum absolute atomic E-state index is 13.4. The van der Waals surface area contributed by atoms with E-state index in [2.05, 4.69) is 5.32 Å². The summed E-state index contributed by atoms with van der Waals surface area (Å²) in [5, 5.41) is 3.17. The molecule has 4 amide bonds. The molecule has 1 aliphatic heterocycles. The molecule has 5 rings (SSSR count). The summed E-state index contributed by atoms with van der Waals surface area (Å²) in [5.74, 6) is 0.0252. The molecule has 38 heavy (non-hydrogen) atoms. The quantitative estimate of drug-likeness (QED) is 0.268. The summed E-state index contributed by atoms with van der Waals surface area (Å²) in [5.41, 5.74) is 2.99. The molecule has 0 aliphatic carbocycles. The van der Waals surface area contributed by atoms with Crippen LogP contribution in [0, 0.1) is 0 Å². The summed E-state index contributed by atoms with van der Waals surface area (Å²) in [4.78, 5) is 39.7. The maximum atomic E-state index is 13.4. The highest BCUT2D eigenvalue weighted by Gasteiger charge is 2.37. The molecule has 0 spiro atoms. The van der Waals surface area contributed by atoms with Crippen LogP contribution in [0.5, 0.6) is 11.5 Å². The lowest BCUT2D eigenvalue weighted by molar-refractivity contribution is -0.122. The zero-order valence-corrected chi connectivity index (χ0v) is 21.1. The number of amides is 4. The number of anilines is 1. The normalized spacial score (nSPS) is 14.7. The van der Waals surface area contributed by atoms with Crippen molar-refractivity contribution < 1.29 is 23.9 Å². The molecule has 1 N–H and O–H groups in total. The van der Waals surface area contributed by atoms with Gasteiger partial charge in [0.1, 0.15) is 23.7 Å². The van der Waals surface area contributed by atoms with Crippen LogP contribution in [-0.4, -0.2) is 36.1 Å². The SMILES string of the molecule is CCc1ccc(N2C(=O)NC(=O)C(=Cc3cn(CCOc4cccc(OC)c4)c4ccccc34)C2=O)cc1. The minimum absolute atomic E-state index is 0.111. The fourth-order valence-electron chi connectivity index (χ4n) is 4.46. The van der Waals surface area contributed by atoms with E-state index in [-0.39, 0.29) is 5.57 Å². The highest BCUT2D eigenvalue weighted by Crippen LogP contribution is 2.27. The number of barbiturate groups is 1. The Morgan fingerprint density at radius 1 is 0.921 bits per heavy atom. The van der Waals surface area contributed by atoms with E-state index in [9.17, 15) is 14.4 Å². The van der Waals surface area contributed by atoms with E-state index < -0.39 is 17.8 Å². The minimum Gasteiger partial charge on any atom is -0.497 e. The second-order valence-electron chi connectivity index (χ2n) is 8.80. The van der Waals surface area contributed by atoms with Gasteiger partial charge in [-0.25, -0.2) is 9.69 Å². The smallest absolute Gasteiger partial charge is 0.335 e. The number of benzene rings is 3. The number of methoxy groups -OCH3 is 1. The number of aryl methyl sites for hydroxylation is 1. The third kappa shape index (κ3) is 4.88. The number of hydrogen-bond acceptors (Lipinski definition) is 5. The molecule has 0 radical (unpaired) electrons. The molecule has 8 nitrogen and oxygen atoms in total. The summed E-state index contributed by atoms with van der Waals surface area (Å²) < 4.78 is 13.2. The van der Waals surface area contributed by atoms with Gasteiger partial charge in [-0.15, -0.1) is 0 Å². The van der Waals surface area contributed by atoms with Gasteiger partial charge < -0.3 is 14.0 Å². The lowest BCUT2D eigenvalue weighted by Crippen LogP contribution is -2.54. The fourth-order valence-corrected chi connectivity index (χ4v) is 4.46. The van der Waals surface area contributed by atoms with Crippen molar-refractivity contribution in [1.29, 1.82) is 0 Å². The Bertz CT molecular complexity index is 1550. The first-order chi connectivity index (χ1) is 18.5. The number of carbonyl (C=O) groups is 3. The summed E-state index contributed by atoms with van der Waals surface area (Å²) in [6.45, 7) is 2.96. The number of hydrogen-bond donors (Lipinski definition) is 1.